The van der Waals surface area contributed by atoms with Gasteiger partial charge in [-0.25, -0.2) is 0 Å². The standard InChI is InChI=1S/C15H24O2/c1-12-11-14(13-5-3-2-4-6-13)7-8-15(12)17-10-9-16/h7-8,12-13,16H,2-6,9-11H2,1H3. The average molecular weight is 236 g/mol. The number of rotatable bonds is 4. The lowest BCUT2D eigenvalue weighted by molar-refractivity contribution is 0.125. The SMILES string of the molecule is CC1CC(C2CCCCC2)=CC=C1OCCO. The second kappa shape index (κ2) is 6.25. The second-order valence-electron chi connectivity index (χ2n) is 5.32. The molecule has 1 N–H and O–H groups in total. The van der Waals surface area contributed by atoms with E-state index >= 15 is 0 Å². The molecule has 0 amide bonds. The first kappa shape index (κ1) is 12.7. The van der Waals surface area contributed by atoms with Gasteiger partial charge in [-0.05, 0) is 31.3 Å². The maximum absolute atomic E-state index is 8.77. The summed E-state index contributed by atoms with van der Waals surface area (Å²) >= 11 is 0. The summed E-state index contributed by atoms with van der Waals surface area (Å²) in [7, 11) is 0. The zero-order valence-electron chi connectivity index (χ0n) is 10.8. The van der Waals surface area contributed by atoms with Crippen LogP contribution in [-0.2, 0) is 4.74 Å². The zero-order chi connectivity index (χ0) is 12.1. The van der Waals surface area contributed by atoms with Crippen LogP contribution in [0.3, 0.4) is 0 Å². The van der Waals surface area contributed by atoms with Gasteiger partial charge in [-0.1, -0.05) is 37.8 Å². The lowest BCUT2D eigenvalue weighted by Crippen LogP contribution is -2.16. The maximum atomic E-state index is 8.77. The summed E-state index contributed by atoms with van der Waals surface area (Å²) in [5, 5.41) is 8.77. The van der Waals surface area contributed by atoms with E-state index in [1.165, 1.54) is 32.1 Å². The van der Waals surface area contributed by atoms with Crippen LogP contribution in [0, 0.1) is 11.8 Å². The molecule has 1 unspecified atom stereocenters. The lowest BCUT2D eigenvalue weighted by Gasteiger charge is -2.29. The van der Waals surface area contributed by atoms with Crippen molar-refractivity contribution < 1.29 is 9.84 Å². The summed E-state index contributed by atoms with van der Waals surface area (Å²) in [4.78, 5) is 0. The van der Waals surface area contributed by atoms with E-state index < -0.39 is 0 Å². The van der Waals surface area contributed by atoms with Gasteiger partial charge in [0.1, 0.15) is 6.61 Å². The Hall–Kier alpha value is -0.760. The van der Waals surface area contributed by atoms with E-state index in [1.807, 2.05) is 0 Å². The number of allylic oxidation sites excluding steroid dienone is 4. The van der Waals surface area contributed by atoms with Crippen molar-refractivity contribution in [2.24, 2.45) is 11.8 Å². The fraction of sp³-hybridized carbons (Fsp3) is 0.733. The molecule has 0 bridgehead atoms. The molecule has 2 aliphatic carbocycles. The van der Waals surface area contributed by atoms with E-state index in [2.05, 4.69) is 19.1 Å². The number of ether oxygens (including phenoxy) is 1. The Morgan fingerprint density at radius 3 is 2.65 bits per heavy atom. The normalized spacial score (nSPS) is 26.4. The Labute approximate surface area is 104 Å². The number of aliphatic hydroxyl groups is 1. The maximum Gasteiger partial charge on any atom is 0.111 e. The van der Waals surface area contributed by atoms with E-state index in [0.717, 1.165) is 18.1 Å². The van der Waals surface area contributed by atoms with Crippen molar-refractivity contribution in [3.8, 4) is 0 Å². The predicted molar refractivity (Wildman–Crippen MR) is 69.6 cm³/mol. The minimum atomic E-state index is 0.100. The third kappa shape index (κ3) is 3.35. The highest BCUT2D eigenvalue weighted by Gasteiger charge is 2.23. The molecule has 1 saturated carbocycles. The Morgan fingerprint density at radius 1 is 1.24 bits per heavy atom. The fourth-order valence-corrected chi connectivity index (χ4v) is 3.01. The Morgan fingerprint density at radius 2 is 2.00 bits per heavy atom. The van der Waals surface area contributed by atoms with E-state index in [0.29, 0.717) is 12.5 Å². The zero-order valence-corrected chi connectivity index (χ0v) is 10.8. The van der Waals surface area contributed by atoms with Gasteiger partial charge in [-0.2, -0.15) is 0 Å². The Balaban J connectivity index is 1.96. The highest BCUT2D eigenvalue weighted by molar-refractivity contribution is 5.25. The van der Waals surface area contributed by atoms with Gasteiger partial charge in [0.05, 0.1) is 12.4 Å². The lowest BCUT2D eigenvalue weighted by atomic mass is 9.78. The van der Waals surface area contributed by atoms with Crippen molar-refractivity contribution in [2.45, 2.75) is 45.4 Å². The smallest absolute Gasteiger partial charge is 0.111 e. The monoisotopic (exact) mass is 236 g/mol. The number of hydrogen-bond acceptors (Lipinski definition) is 2. The van der Waals surface area contributed by atoms with Crippen LogP contribution in [0.1, 0.15) is 45.4 Å². The summed E-state index contributed by atoms with van der Waals surface area (Å²) in [5.41, 5.74) is 1.62. The Bertz CT molecular complexity index is 298. The molecule has 2 nitrogen and oxygen atoms in total. The van der Waals surface area contributed by atoms with Gasteiger partial charge in [0.15, 0.2) is 0 Å². The van der Waals surface area contributed by atoms with Crippen LogP contribution in [0.2, 0.25) is 0 Å². The molecule has 17 heavy (non-hydrogen) atoms. The first-order valence-electron chi connectivity index (χ1n) is 6.95. The molecule has 0 aliphatic heterocycles. The fourth-order valence-electron chi connectivity index (χ4n) is 3.01. The minimum Gasteiger partial charge on any atom is -0.495 e. The van der Waals surface area contributed by atoms with Crippen LogP contribution in [0.5, 0.6) is 0 Å². The van der Waals surface area contributed by atoms with Gasteiger partial charge in [0.25, 0.3) is 0 Å². The van der Waals surface area contributed by atoms with Gasteiger partial charge in [-0.3, -0.25) is 0 Å². The first-order valence-corrected chi connectivity index (χ1v) is 6.95. The van der Waals surface area contributed by atoms with Crippen LogP contribution < -0.4 is 0 Å². The Kier molecular flexibility index (Phi) is 4.66. The summed E-state index contributed by atoms with van der Waals surface area (Å²) in [6, 6.07) is 0. The highest BCUT2D eigenvalue weighted by Crippen LogP contribution is 2.36. The van der Waals surface area contributed by atoms with Crippen LogP contribution in [0.15, 0.2) is 23.5 Å². The number of hydrogen-bond donors (Lipinski definition) is 1. The quantitative estimate of drug-likeness (QED) is 0.810. The molecule has 0 spiro atoms. The summed E-state index contributed by atoms with van der Waals surface area (Å²) < 4.78 is 5.55. The van der Waals surface area contributed by atoms with Crippen molar-refractivity contribution in [3.05, 3.63) is 23.5 Å². The van der Waals surface area contributed by atoms with E-state index in [9.17, 15) is 0 Å². The third-order valence-corrected chi connectivity index (χ3v) is 3.98. The van der Waals surface area contributed by atoms with Crippen LogP contribution in [0.25, 0.3) is 0 Å². The molecule has 1 atom stereocenters. The predicted octanol–water partition coefficient (Wildman–Crippen LogP) is 3.43. The van der Waals surface area contributed by atoms with Gasteiger partial charge >= 0.3 is 0 Å². The third-order valence-electron chi connectivity index (χ3n) is 3.98. The molecule has 0 aromatic carbocycles. The summed E-state index contributed by atoms with van der Waals surface area (Å²) in [6.07, 6.45) is 12.5. The molecule has 96 valence electrons. The minimum absolute atomic E-state index is 0.100. The molecule has 0 aromatic rings. The molecule has 1 fully saturated rings. The summed E-state index contributed by atoms with van der Waals surface area (Å²) in [6.45, 7) is 2.74. The van der Waals surface area contributed by atoms with Crippen molar-refractivity contribution >= 4 is 0 Å². The molecule has 2 heteroatoms. The highest BCUT2D eigenvalue weighted by atomic mass is 16.5. The molecule has 0 radical (unpaired) electrons. The van der Waals surface area contributed by atoms with Gasteiger partial charge < -0.3 is 9.84 Å². The topological polar surface area (TPSA) is 29.5 Å². The summed E-state index contributed by atoms with van der Waals surface area (Å²) in [5.74, 6) is 2.34. The molecule has 2 aliphatic rings. The molecule has 0 saturated heterocycles. The average Bonchev–Trinajstić information content (AvgIpc) is 2.38. The van der Waals surface area contributed by atoms with Crippen molar-refractivity contribution in [3.63, 3.8) is 0 Å². The van der Waals surface area contributed by atoms with E-state index in [4.69, 9.17) is 9.84 Å². The molecule has 0 aromatic heterocycles. The van der Waals surface area contributed by atoms with Gasteiger partial charge in [0.2, 0.25) is 0 Å². The largest absolute Gasteiger partial charge is 0.495 e. The van der Waals surface area contributed by atoms with E-state index in [-0.39, 0.29) is 6.61 Å². The first-order chi connectivity index (χ1) is 8.31. The molecule has 2 rings (SSSR count). The van der Waals surface area contributed by atoms with E-state index in [1.54, 1.807) is 5.57 Å². The van der Waals surface area contributed by atoms with Crippen LogP contribution in [-0.4, -0.2) is 18.3 Å². The van der Waals surface area contributed by atoms with Crippen molar-refractivity contribution in [2.75, 3.05) is 13.2 Å². The van der Waals surface area contributed by atoms with Gasteiger partial charge in [-0.15, -0.1) is 0 Å². The molecule has 0 heterocycles. The van der Waals surface area contributed by atoms with Crippen molar-refractivity contribution in [1.29, 1.82) is 0 Å². The molecular weight excluding hydrogens is 212 g/mol. The van der Waals surface area contributed by atoms with Crippen LogP contribution >= 0.6 is 0 Å². The molecular formula is C15H24O2. The van der Waals surface area contributed by atoms with Crippen molar-refractivity contribution in [1.82, 2.24) is 0 Å². The number of aliphatic hydroxyl groups excluding tert-OH is 1. The second-order valence-corrected chi connectivity index (χ2v) is 5.32. The van der Waals surface area contributed by atoms with Gasteiger partial charge in [0, 0.05) is 5.92 Å². The van der Waals surface area contributed by atoms with Crippen LogP contribution in [0.4, 0.5) is 0 Å².